The summed E-state index contributed by atoms with van der Waals surface area (Å²) in [6.07, 6.45) is 1.60. The van der Waals surface area contributed by atoms with Crippen LogP contribution in [0.2, 0.25) is 5.02 Å². The van der Waals surface area contributed by atoms with Crippen molar-refractivity contribution in [1.82, 2.24) is 15.2 Å². The first-order chi connectivity index (χ1) is 7.59. The summed E-state index contributed by atoms with van der Waals surface area (Å²) in [5.74, 6) is -1.23. The average molecular weight is 239 g/mol. The lowest BCUT2D eigenvalue weighted by Gasteiger charge is -2.04. The number of halogens is 1. The van der Waals surface area contributed by atoms with E-state index in [2.05, 4.69) is 15.2 Å². The molecule has 4 N–H and O–H groups in total. The number of hydrogen-bond donors (Lipinski definition) is 3. The minimum atomic E-state index is -1.23. The number of H-pyrrole nitrogens is 1. The summed E-state index contributed by atoms with van der Waals surface area (Å²) in [5, 5.41) is 15.3. The van der Waals surface area contributed by atoms with Gasteiger partial charge >= 0.3 is 5.97 Å². The molecule has 0 amide bonds. The van der Waals surface area contributed by atoms with E-state index in [0.717, 1.165) is 0 Å². The van der Waals surface area contributed by atoms with Gasteiger partial charge in [0.1, 0.15) is 5.69 Å². The number of nitrogen functional groups attached to an aromatic ring is 1. The fraction of sp³-hybridized carbons (Fsp3) is 0. The summed E-state index contributed by atoms with van der Waals surface area (Å²) in [4.78, 5) is 14.7. The van der Waals surface area contributed by atoms with Crippen LogP contribution in [0.4, 0.5) is 5.69 Å². The van der Waals surface area contributed by atoms with Crippen LogP contribution in [0.5, 0.6) is 0 Å². The van der Waals surface area contributed by atoms with Crippen molar-refractivity contribution >= 4 is 23.3 Å². The monoisotopic (exact) mass is 238 g/mol. The molecule has 2 aromatic rings. The van der Waals surface area contributed by atoms with Gasteiger partial charge in [-0.15, -0.1) is 0 Å². The number of aromatic carboxylic acids is 1. The Labute approximate surface area is 95.1 Å². The maximum Gasteiger partial charge on any atom is 0.356 e. The van der Waals surface area contributed by atoms with Crippen molar-refractivity contribution < 1.29 is 9.90 Å². The maximum atomic E-state index is 10.9. The van der Waals surface area contributed by atoms with E-state index in [1.165, 1.54) is 6.07 Å². The second kappa shape index (κ2) is 3.82. The van der Waals surface area contributed by atoms with Crippen LogP contribution in [-0.2, 0) is 0 Å². The van der Waals surface area contributed by atoms with E-state index in [-0.39, 0.29) is 16.4 Å². The highest BCUT2D eigenvalue weighted by molar-refractivity contribution is 6.35. The molecule has 2 rings (SSSR count). The summed E-state index contributed by atoms with van der Waals surface area (Å²) in [5.41, 5.74) is 6.34. The van der Waals surface area contributed by atoms with Crippen molar-refractivity contribution in [2.24, 2.45) is 0 Å². The Balaban J connectivity index is 2.62. The number of aromatic nitrogens is 3. The Hall–Kier alpha value is -2.08. The van der Waals surface area contributed by atoms with Crippen LogP contribution in [-0.4, -0.2) is 26.3 Å². The Bertz CT molecular complexity index is 539. The van der Waals surface area contributed by atoms with Crippen molar-refractivity contribution in [3.05, 3.63) is 29.0 Å². The second-order valence-corrected chi connectivity index (χ2v) is 3.40. The molecule has 0 aliphatic carbocycles. The van der Waals surface area contributed by atoms with Crippen molar-refractivity contribution in [2.45, 2.75) is 0 Å². The number of nitrogens with two attached hydrogens (primary N) is 1. The number of carbonyl (C=O) groups is 1. The standard InChI is InChI=1S/C9H7ClN4O2/c10-7-4(11)3-6(5-1-2-12-14-5)13-8(7)9(15)16/h1-3H,(H2,11,13)(H,12,14)(H,15,16). The lowest BCUT2D eigenvalue weighted by molar-refractivity contribution is 0.0691. The van der Waals surface area contributed by atoms with Crippen LogP contribution in [0, 0.1) is 0 Å². The van der Waals surface area contributed by atoms with Gasteiger partial charge in [-0.05, 0) is 12.1 Å². The number of nitrogens with one attached hydrogen (secondary N) is 1. The summed E-state index contributed by atoms with van der Waals surface area (Å²) >= 11 is 5.73. The second-order valence-electron chi connectivity index (χ2n) is 3.02. The number of carboxylic acids is 1. The molecule has 2 heterocycles. The van der Waals surface area contributed by atoms with Crippen LogP contribution >= 0.6 is 11.6 Å². The van der Waals surface area contributed by atoms with Crippen LogP contribution in [0.15, 0.2) is 18.3 Å². The molecule has 2 aromatic heterocycles. The normalized spacial score (nSPS) is 10.3. The first kappa shape index (κ1) is 10.4. The number of rotatable bonds is 2. The smallest absolute Gasteiger partial charge is 0.356 e. The zero-order chi connectivity index (χ0) is 11.7. The predicted octanol–water partition coefficient (Wildman–Crippen LogP) is 1.41. The van der Waals surface area contributed by atoms with E-state index in [9.17, 15) is 4.79 Å². The van der Waals surface area contributed by atoms with E-state index < -0.39 is 5.97 Å². The number of pyridine rings is 1. The molecule has 6 nitrogen and oxygen atoms in total. The number of anilines is 1. The van der Waals surface area contributed by atoms with E-state index in [1.54, 1.807) is 12.3 Å². The van der Waals surface area contributed by atoms with Gasteiger partial charge in [0.2, 0.25) is 0 Å². The molecule has 0 aliphatic heterocycles. The molecule has 0 unspecified atom stereocenters. The van der Waals surface area contributed by atoms with Crippen molar-refractivity contribution in [3.63, 3.8) is 0 Å². The van der Waals surface area contributed by atoms with Gasteiger partial charge in [0, 0.05) is 6.20 Å². The van der Waals surface area contributed by atoms with Gasteiger partial charge in [-0.1, -0.05) is 11.6 Å². The molecule has 0 fully saturated rings. The summed E-state index contributed by atoms with van der Waals surface area (Å²) < 4.78 is 0. The van der Waals surface area contributed by atoms with Gasteiger partial charge in [0.05, 0.1) is 16.4 Å². The van der Waals surface area contributed by atoms with Gasteiger partial charge < -0.3 is 10.8 Å². The molecule has 0 atom stereocenters. The molecule has 0 saturated heterocycles. The minimum Gasteiger partial charge on any atom is -0.476 e. The molecule has 0 aromatic carbocycles. The molecule has 82 valence electrons. The van der Waals surface area contributed by atoms with Crippen LogP contribution < -0.4 is 5.73 Å². The molecule has 0 radical (unpaired) electrons. The molecule has 0 aliphatic rings. The Kier molecular flexibility index (Phi) is 2.49. The Morgan fingerprint density at radius 3 is 2.81 bits per heavy atom. The molecule has 16 heavy (non-hydrogen) atoms. The minimum absolute atomic E-state index is 0.0632. The molecular formula is C9H7ClN4O2. The van der Waals surface area contributed by atoms with E-state index in [4.69, 9.17) is 22.4 Å². The quantitative estimate of drug-likeness (QED) is 0.734. The first-order valence-electron chi connectivity index (χ1n) is 4.29. The van der Waals surface area contributed by atoms with Crippen LogP contribution in [0.3, 0.4) is 0 Å². The molecule has 0 spiro atoms. The third-order valence-corrected chi connectivity index (χ3v) is 2.35. The Morgan fingerprint density at radius 1 is 1.50 bits per heavy atom. The lowest BCUT2D eigenvalue weighted by Crippen LogP contribution is -2.05. The largest absolute Gasteiger partial charge is 0.476 e. The highest BCUT2D eigenvalue weighted by Gasteiger charge is 2.16. The summed E-state index contributed by atoms with van der Waals surface area (Å²) in [6, 6.07) is 3.13. The van der Waals surface area contributed by atoms with Gasteiger partial charge in [-0.3, -0.25) is 5.10 Å². The Morgan fingerprint density at radius 2 is 2.25 bits per heavy atom. The van der Waals surface area contributed by atoms with E-state index in [0.29, 0.717) is 11.4 Å². The highest BCUT2D eigenvalue weighted by Crippen LogP contribution is 2.26. The van der Waals surface area contributed by atoms with Gasteiger partial charge in [-0.25, -0.2) is 9.78 Å². The molecule has 7 heteroatoms. The maximum absolute atomic E-state index is 10.9. The number of hydrogen-bond acceptors (Lipinski definition) is 4. The van der Waals surface area contributed by atoms with Gasteiger partial charge in [0.15, 0.2) is 5.69 Å². The van der Waals surface area contributed by atoms with Crippen molar-refractivity contribution in [3.8, 4) is 11.4 Å². The fourth-order valence-electron chi connectivity index (χ4n) is 1.23. The lowest BCUT2D eigenvalue weighted by atomic mass is 10.2. The topological polar surface area (TPSA) is 105 Å². The first-order valence-corrected chi connectivity index (χ1v) is 4.67. The zero-order valence-corrected chi connectivity index (χ0v) is 8.69. The molecular weight excluding hydrogens is 232 g/mol. The average Bonchev–Trinajstić information content (AvgIpc) is 2.74. The molecule has 0 saturated carbocycles. The van der Waals surface area contributed by atoms with Gasteiger partial charge in [-0.2, -0.15) is 5.10 Å². The number of nitrogens with zero attached hydrogens (tertiary/aromatic N) is 2. The zero-order valence-electron chi connectivity index (χ0n) is 7.94. The van der Waals surface area contributed by atoms with Crippen LogP contribution in [0.1, 0.15) is 10.5 Å². The SMILES string of the molecule is Nc1cc(-c2cc[nH]n2)nc(C(=O)O)c1Cl. The van der Waals surface area contributed by atoms with Gasteiger partial charge in [0.25, 0.3) is 0 Å². The third kappa shape index (κ3) is 1.70. The summed E-state index contributed by atoms with van der Waals surface area (Å²) in [6.45, 7) is 0. The van der Waals surface area contributed by atoms with E-state index >= 15 is 0 Å². The van der Waals surface area contributed by atoms with Crippen LogP contribution in [0.25, 0.3) is 11.4 Å². The van der Waals surface area contributed by atoms with Crippen molar-refractivity contribution in [2.75, 3.05) is 5.73 Å². The fourth-order valence-corrected chi connectivity index (χ4v) is 1.40. The third-order valence-electron chi connectivity index (χ3n) is 1.95. The number of carboxylic acid groups (broad SMARTS) is 1. The number of aromatic amines is 1. The predicted molar refractivity (Wildman–Crippen MR) is 58.2 cm³/mol. The molecule has 0 bridgehead atoms. The highest BCUT2D eigenvalue weighted by atomic mass is 35.5. The van der Waals surface area contributed by atoms with Crippen molar-refractivity contribution in [1.29, 1.82) is 0 Å². The summed E-state index contributed by atoms with van der Waals surface area (Å²) in [7, 11) is 0. The van der Waals surface area contributed by atoms with E-state index in [1.807, 2.05) is 0 Å².